The molecular formula is C15H16F2O3. The van der Waals surface area contributed by atoms with Gasteiger partial charge in [-0.05, 0) is 12.5 Å². The van der Waals surface area contributed by atoms with Gasteiger partial charge in [-0.15, -0.1) is 0 Å². The van der Waals surface area contributed by atoms with E-state index in [2.05, 4.69) is 0 Å². The van der Waals surface area contributed by atoms with E-state index in [1.807, 2.05) is 0 Å². The van der Waals surface area contributed by atoms with E-state index < -0.39 is 23.2 Å². The number of rotatable bonds is 5. The number of benzene rings is 1. The molecule has 3 nitrogen and oxygen atoms in total. The molecule has 1 aliphatic carbocycles. The van der Waals surface area contributed by atoms with Crippen LogP contribution in [0.3, 0.4) is 0 Å². The third-order valence-electron chi connectivity index (χ3n) is 3.68. The number of hydrogen-bond acceptors (Lipinski definition) is 3. The molecule has 0 aliphatic heterocycles. The van der Waals surface area contributed by atoms with Crippen LogP contribution in [0, 0.1) is 5.41 Å². The minimum Gasteiger partial charge on any atom is -0.464 e. The number of esters is 1. The molecule has 0 heterocycles. The van der Waals surface area contributed by atoms with Gasteiger partial charge < -0.3 is 4.74 Å². The molecule has 0 saturated heterocycles. The molecule has 1 saturated carbocycles. The second-order valence-corrected chi connectivity index (χ2v) is 5.50. The molecule has 0 amide bonds. The van der Waals surface area contributed by atoms with Crippen molar-refractivity contribution in [3.05, 3.63) is 35.9 Å². The average Bonchev–Trinajstić information content (AvgIpc) is 2.87. The molecule has 0 radical (unpaired) electrons. The fourth-order valence-electron chi connectivity index (χ4n) is 2.10. The number of ether oxygens (including phenoxy) is 1. The van der Waals surface area contributed by atoms with E-state index in [0.717, 1.165) is 0 Å². The van der Waals surface area contributed by atoms with Crippen molar-refractivity contribution in [2.24, 2.45) is 5.41 Å². The fraction of sp³-hybridized carbons (Fsp3) is 0.467. The summed E-state index contributed by atoms with van der Waals surface area (Å²) in [4.78, 5) is 23.6. The first-order valence-corrected chi connectivity index (χ1v) is 6.37. The van der Waals surface area contributed by atoms with Gasteiger partial charge in [-0.2, -0.15) is 0 Å². The number of carbonyl (C=O) groups is 2. The number of halogens is 2. The smallest absolute Gasteiger partial charge is 0.321 e. The Labute approximate surface area is 115 Å². The monoisotopic (exact) mass is 282 g/mol. The van der Waals surface area contributed by atoms with Crippen molar-refractivity contribution in [3.8, 4) is 0 Å². The van der Waals surface area contributed by atoms with E-state index in [1.54, 1.807) is 30.3 Å². The highest BCUT2D eigenvalue weighted by molar-refractivity contribution is 6.03. The number of carbonyl (C=O) groups excluding carboxylic acids is 2. The minimum absolute atomic E-state index is 0.288. The number of hydrogen-bond donors (Lipinski definition) is 0. The molecule has 5 heteroatoms. The Hall–Kier alpha value is -1.78. The van der Waals surface area contributed by atoms with Gasteiger partial charge in [0.1, 0.15) is 18.3 Å². The standard InChI is InChI=1S/C15H16F2O3/c1-10(18)12(11-6-4-3-5-7-11)13(19)20-9-14(2)8-15(14,16)17/h3-7,12H,8-9H2,1-2H3. The summed E-state index contributed by atoms with van der Waals surface area (Å²) in [5.41, 5.74) is -0.779. The number of alkyl halides is 2. The molecule has 0 bridgehead atoms. The van der Waals surface area contributed by atoms with Gasteiger partial charge in [-0.25, -0.2) is 8.78 Å². The first-order chi connectivity index (χ1) is 9.27. The van der Waals surface area contributed by atoms with Crippen LogP contribution in [0.15, 0.2) is 30.3 Å². The maximum absolute atomic E-state index is 13.1. The van der Waals surface area contributed by atoms with Crippen LogP contribution in [0.5, 0.6) is 0 Å². The van der Waals surface area contributed by atoms with Gasteiger partial charge in [0.15, 0.2) is 0 Å². The van der Waals surface area contributed by atoms with Gasteiger partial charge in [0.2, 0.25) is 0 Å². The largest absolute Gasteiger partial charge is 0.464 e. The van der Waals surface area contributed by atoms with Crippen LogP contribution in [-0.4, -0.2) is 24.3 Å². The van der Waals surface area contributed by atoms with Gasteiger partial charge in [0.25, 0.3) is 5.92 Å². The molecule has 2 rings (SSSR count). The predicted molar refractivity (Wildman–Crippen MR) is 68.5 cm³/mol. The molecule has 1 fully saturated rings. The van der Waals surface area contributed by atoms with E-state index in [9.17, 15) is 18.4 Å². The average molecular weight is 282 g/mol. The zero-order valence-electron chi connectivity index (χ0n) is 11.4. The quantitative estimate of drug-likeness (QED) is 0.616. The lowest BCUT2D eigenvalue weighted by molar-refractivity contribution is -0.150. The second kappa shape index (κ2) is 4.96. The summed E-state index contributed by atoms with van der Waals surface area (Å²) in [6.07, 6.45) is -0.288. The van der Waals surface area contributed by atoms with Crippen molar-refractivity contribution >= 4 is 11.8 Å². The highest BCUT2D eigenvalue weighted by Gasteiger charge is 2.68. The van der Waals surface area contributed by atoms with Gasteiger partial charge >= 0.3 is 5.97 Å². The molecule has 2 atom stereocenters. The molecule has 0 aromatic heterocycles. The molecule has 1 aromatic rings. The van der Waals surface area contributed by atoms with Crippen LogP contribution >= 0.6 is 0 Å². The normalized spacial score (nSPS) is 24.8. The molecular weight excluding hydrogens is 266 g/mol. The fourth-order valence-corrected chi connectivity index (χ4v) is 2.10. The van der Waals surface area contributed by atoms with Crippen LogP contribution in [-0.2, 0) is 14.3 Å². The maximum atomic E-state index is 13.1. The Kier molecular flexibility index (Phi) is 3.63. The van der Waals surface area contributed by atoms with E-state index in [4.69, 9.17) is 4.74 Å². The third-order valence-corrected chi connectivity index (χ3v) is 3.68. The zero-order chi connectivity index (χ0) is 15.0. The Balaban J connectivity index is 2.04. The lowest BCUT2D eigenvalue weighted by Crippen LogP contribution is -2.26. The maximum Gasteiger partial charge on any atom is 0.321 e. The molecule has 1 aromatic carbocycles. The van der Waals surface area contributed by atoms with Crippen LogP contribution in [0.2, 0.25) is 0 Å². The van der Waals surface area contributed by atoms with E-state index in [-0.39, 0.29) is 18.8 Å². The first-order valence-electron chi connectivity index (χ1n) is 6.37. The highest BCUT2D eigenvalue weighted by Crippen LogP contribution is 2.60. The van der Waals surface area contributed by atoms with Crippen molar-refractivity contribution in [2.45, 2.75) is 32.1 Å². The summed E-state index contributed by atoms with van der Waals surface area (Å²) in [6, 6.07) is 8.45. The van der Waals surface area contributed by atoms with Crippen LogP contribution in [0.1, 0.15) is 31.7 Å². The van der Waals surface area contributed by atoms with E-state index in [0.29, 0.717) is 5.56 Å². The van der Waals surface area contributed by atoms with Crippen molar-refractivity contribution in [1.29, 1.82) is 0 Å². The van der Waals surface area contributed by atoms with Crippen LogP contribution < -0.4 is 0 Å². The summed E-state index contributed by atoms with van der Waals surface area (Å²) in [5.74, 6) is -4.97. The van der Waals surface area contributed by atoms with Crippen molar-refractivity contribution in [3.63, 3.8) is 0 Å². The highest BCUT2D eigenvalue weighted by atomic mass is 19.3. The van der Waals surface area contributed by atoms with Gasteiger partial charge in [0, 0.05) is 6.42 Å². The topological polar surface area (TPSA) is 43.4 Å². The Morgan fingerprint density at radius 2 is 1.85 bits per heavy atom. The summed E-state index contributed by atoms with van der Waals surface area (Å²) >= 11 is 0. The van der Waals surface area contributed by atoms with Crippen LogP contribution in [0.25, 0.3) is 0 Å². The number of Topliss-reactive ketones (excluding diaryl/α,β-unsaturated/α-hetero) is 1. The van der Waals surface area contributed by atoms with Gasteiger partial charge in [-0.3, -0.25) is 9.59 Å². The third kappa shape index (κ3) is 2.71. The van der Waals surface area contributed by atoms with Gasteiger partial charge in [-0.1, -0.05) is 37.3 Å². The SMILES string of the molecule is CC(=O)C(C(=O)OCC1(C)CC1(F)F)c1ccccc1. The minimum atomic E-state index is -2.79. The van der Waals surface area contributed by atoms with E-state index in [1.165, 1.54) is 13.8 Å². The number of ketones is 1. The first kappa shape index (κ1) is 14.6. The molecule has 0 N–H and O–H groups in total. The molecule has 2 unspecified atom stereocenters. The van der Waals surface area contributed by atoms with Crippen molar-refractivity contribution in [1.82, 2.24) is 0 Å². The van der Waals surface area contributed by atoms with Gasteiger partial charge in [0.05, 0.1) is 5.41 Å². The van der Waals surface area contributed by atoms with Crippen molar-refractivity contribution in [2.75, 3.05) is 6.61 Å². The molecule has 1 aliphatic rings. The second-order valence-electron chi connectivity index (χ2n) is 5.50. The Morgan fingerprint density at radius 3 is 2.30 bits per heavy atom. The van der Waals surface area contributed by atoms with E-state index >= 15 is 0 Å². The summed E-state index contributed by atoms with van der Waals surface area (Å²) in [6.45, 7) is 2.29. The molecule has 108 valence electrons. The van der Waals surface area contributed by atoms with Crippen molar-refractivity contribution < 1.29 is 23.1 Å². The lowest BCUT2D eigenvalue weighted by Gasteiger charge is -2.16. The zero-order valence-corrected chi connectivity index (χ0v) is 11.4. The summed E-state index contributed by atoms with van der Waals surface area (Å²) < 4.78 is 31.1. The summed E-state index contributed by atoms with van der Waals surface area (Å²) in [7, 11) is 0. The lowest BCUT2D eigenvalue weighted by atomic mass is 9.95. The summed E-state index contributed by atoms with van der Waals surface area (Å²) in [5, 5.41) is 0. The predicted octanol–water partition coefficient (Wildman–Crippen LogP) is 2.95. The molecule has 20 heavy (non-hydrogen) atoms. The Morgan fingerprint density at radius 1 is 1.30 bits per heavy atom. The Bertz CT molecular complexity index is 527. The van der Waals surface area contributed by atoms with Crippen LogP contribution in [0.4, 0.5) is 8.78 Å². The molecule has 0 spiro atoms.